The number of carbonyl (C=O) groups is 2. The Morgan fingerprint density at radius 3 is 2.55 bits per heavy atom. The number of nitrogens with one attached hydrogen (secondary N) is 2. The lowest BCUT2D eigenvalue weighted by Crippen LogP contribution is -2.20. The summed E-state index contributed by atoms with van der Waals surface area (Å²) in [5.74, 6) is 0.112. The Morgan fingerprint density at radius 2 is 1.82 bits per heavy atom. The predicted octanol–water partition coefficient (Wildman–Crippen LogP) is 5.85. The molecule has 0 bridgehead atoms. The molecule has 1 aliphatic heterocycles. The van der Waals surface area contributed by atoms with Crippen molar-refractivity contribution in [2.75, 3.05) is 11.9 Å². The van der Waals surface area contributed by atoms with Gasteiger partial charge in [0.25, 0.3) is 11.8 Å². The predicted molar refractivity (Wildman–Crippen MR) is 142 cm³/mol. The molecule has 166 valence electrons. The van der Waals surface area contributed by atoms with E-state index >= 15 is 0 Å². The van der Waals surface area contributed by atoms with Gasteiger partial charge in [-0.15, -0.1) is 0 Å². The van der Waals surface area contributed by atoms with E-state index in [2.05, 4.69) is 38.2 Å². The molecule has 3 aromatic carbocycles. The zero-order valence-corrected chi connectivity index (χ0v) is 20.8. The lowest BCUT2D eigenvalue weighted by Gasteiger charge is -2.09. The highest BCUT2D eigenvalue weighted by Crippen LogP contribution is 2.29. The van der Waals surface area contributed by atoms with Crippen LogP contribution in [0, 0.1) is 3.57 Å². The van der Waals surface area contributed by atoms with Gasteiger partial charge in [-0.25, -0.2) is 4.99 Å². The molecule has 1 fully saturated rings. The molecule has 1 heterocycles. The largest absolute Gasteiger partial charge is 0.484 e. The van der Waals surface area contributed by atoms with Crippen molar-refractivity contribution in [1.82, 2.24) is 5.32 Å². The summed E-state index contributed by atoms with van der Waals surface area (Å²) in [7, 11) is 0. The second-order valence-electron chi connectivity index (χ2n) is 6.84. The minimum atomic E-state index is -0.239. The van der Waals surface area contributed by atoms with Crippen molar-refractivity contribution in [2.45, 2.75) is 0 Å². The fourth-order valence-corrected chi connectivity index (χ4v) is 4.31. The Hall–Kier alpha value is -2.82. The molecule has 0 aliphatic carbocycles. The monoisotopic (exact) mass is 589 g/mol. The van der Waals surface area contributed by atoms with Crippen LogP contribution in [-0.4, -0.2) is 23.6 Å². The maximum absolute atomic E-state index is 12.3. The number of hydrogen-bond donors (Lipinski definition) is 2. The van der Waals surface area contributed by atoms with Gasteiger partial charge in [0.05, 0.1) is 16.3 Å². The van der Waals surface area contributed by atoms with Crippen LogP contribution in [0.5, 0.6) is 5.75 Å². The number of hydrogen-bond acceptors (Lipinski definition) is 5. The minimum absolute atomic E-state index is 0.103. The van der Waals surface area contributed by atoms with Crippen molar-refractivity contribution in [1.29, 1.82) is 0 Å². The van der Waals surface area contributed by atoms with Gasteiger partial charge in [0.15, 0.2) is 11.8 Å². The molecule has 0 saturated carbocycles. The lowest BCUT2D eigenvalue weighted by atomic mass is 10.2. The molecule has 0 spiro atoms. The number of amidine groups is 1. The normalized spacial score (nSPS) is 15.5. The van der Waals surface area contributed by atoms with Crippen molar-refractivity contribution in [3.8, 4) is 5.75 Å². The van der Waals surface area contributed by atoms with E-state index in [0.717, 1.165) is 14.8 Å². The van der Waals surface area contributed by atoms with Gasteiger partial charge < -0.3 is 15.4 Å². The zero-order valence-electron chi connectivity index (χ0n) is 17.0. The van der Waals surface area contributed by atoms with Crippen LogP contribution in [0.1, 0.15) is 5.56 Å². The Balaban J connectivity index is 1.34. The van der Waals surface area contributed by atoms with Gasteiger partial charge in [-0.3, -0.25) is 9.59 Å². The molecular formula is C24H17ClIN3O3S. The fourth-order valence-electron chi connectivity index (χ4n) is 2.82. The molecule has 0 unspecified atom stereocenters. The summed E-state index contributed by atoms with van der Waals surface area (Å²) >= 11 is 9.32. The Morgan fingerprint density at radius 1 is 1.09 bits per heavy atom. The van der Waals surface area contributed by atoms with Crippen molar-refractivity contribution < 1.29 is 14.3 Å². The van der Waals surface area contributed by atoms with Gasteiger partial charge in [0.1, 0.15) is 5.75 Å². The molecule has 1 saturated heterocycles. The van der Waals surface area contributed by atoms with Crippen LogP contribution < -0.4 is 15.4 Å². The van der Waals surface area contributed by atoms with E-state index in [1.165, 1.54) is 11.8 Å². The summed E-state index contributed by atoms with van der Waals surface area (Å²) in [6.07, 6.45) is 1.78. The Labute approximate surface area is 213 Å². The van der Waals surface area contributed by atoms with Crippen molar-refractivity contribution in [3.63, 3.8) is 0 Å². The third kappa shape index (κ3) is 6.59. The first-order valence-corrected chi connectivity index (χ1v) is 12.1. The van der Waals surface area contributed by atoms with Crippen molar-refractivity contribution in [3.05, 3.63) is 91.9 Å². The molecule has 2 amide bonds. The third-order valence-corrected chi connectivity index (χ3v) is 6.51. The molecule has 1 aliphatic rings. The molecule has 2 N–H and O–H groups in total. The molecule has 9 heteroatoms. The van der Waals surface area contributed by atoms with Crippen LogP contribution in [-0.2, 0) is 9.59 Å². The van der Waals surface area contributed by atoms with E-state index < -0.39 is 0 Å². The molecular weight excluding hydrogens is 573 g/mol. The van der Waals surface area contributed by atoms with E-state index in [1.807, 2.05) is 36.4 Å². The third-order valence-electron chi connectivity index (χ3n) is 4.40. The molecule has 6 nitrogen and oxygen atoms in total. The number of halogens is 2. The molecule has 0 atom stereocenters. The second kappa shape index (κ2) is 10.9. The highest BCUT2D eigenvalue weighted by molar-refractivity contribution is 14.1. The van der Waals surface area contributed by atoms with E-state index in [4.69, 9.17) is 16.3 Å². The number of ether oxygens (including phenoxy) is 1. The maximum Gasteiger partial charge on any atom is 0.264 e. The summed E-state index contributed by atoms with van der Waals surface area (Å²) in [5, 5.41) is 6.72. The van der Waals surface area contributed by atoms with Crippen molar-refractivity contribution >= 4 is 80.4 Å². The van der Waals surface area contributed by atoms with Gasteiger partial charge in [0.2, 0.25) is 0 Å². The first-order valence-electron chi connectivity index (χ1n) is 9.79. The van der Waals surface area contributed by atoms with Gasteiger partial charge in [-0.05, 0) is 94.5 Å². The second-order valence-corrected chi connectivity index (χ2v) is 9.47. The highest BCUT2D eigenvalue weighted by Gasteiger charge is 2.23. The van der Waals surface area contributed by atoms with Gasteiger partial charge in [0, 0.05) is 8.59 Å². The van der Waals surface area contributed by atoms with E-state index in [1.54, 1.807) is 42.5 Å². The molecule has 0 radical (unpaired) electrons. The van der Waals surface area contributed by atoms with Crippen molar-refractivity contribution in [2.24, 2.45) is 4.99 Å². The van der Waals surface area contributed by atoms with Crippen LogP contribution in [0.3, 0.4) is 0 Å². The summed E-state index contributed by atoms with van der Waals surface area (Å²) < 4.78 is 6.52. The number of benzene rings is 3. The first-order chi connectivity index (χ1) is 16.0. The number of nitrogens with zero attached hydrogens (tertiary/aromatic N) is 1. The van der Waals surface area contributed by atoms with Crippen LogP contribution in [0.15, 0.2) is 82.7 Å². The minimum Gasteiger partial charge on any atom is -0.484 e. The number of para-hydroxylation sites is 1. The average molecular weight is 590 g/mol. The highest BCUT2D eigenvalue weighted by atomic mass is 127. The van der Waals surface area contributed by atoms with Crippen LogP contribution in [0.25, 0.3) is 6.08 Å². The summed E-state index contributed by atoms with van der Waals surface area (Å²) in [6.45, 7) is -0.103. The van der Waals surface area contributed by atoms with E-state index in [9.17, 15) is 9.59 Å². The number of anilines is 1. The SMILES string of the molecule is O=C(COc1ccc(/C=C2\SC(=Nc3ccc(Cl)cc3)NC2=O)cc1)Nc1ccccc1I. The summed E-state index contributed by atoms with van der Waals surface area (Å²) in [4.78, 5) is 29.4. The quantitative estimate of drug-likeness (QED) is 0.279. The average Bonchev–Trinajstić information content (AvgIpc) is 3.15. The Bertz CT molecular complexity index is 1240. The summed E-state index contributed by atoms with van der Waals surface area (Å²) in [5.41, 5.74) is 2.28. The number of thioether (sulfide) groups is 1. The number of aliphatic imine (C=N–C) groups is 1. The summed E-state index contributed by atoms with van der Waals surface area (Å²) in [6, 6.07) is 21.7. The van der Waals surface area contributed by atoms with Crippen LogP contribution in [0.4, 0.5) is 11.4 Å². The standard InChI is InChI=1S/C24H17ClIN3O3S/c25-16-7-9-17(10-8-16)27-24-29-23(31)21(33-24)13-15-5-11-18(12-6-15)32-14-22(30)28-20-4-2-1-3-19(20)26/h1-13H,14H2,(H,28,30)(H,27,29,31)/b21-13-. The molecule has 0 aromatic heterocycles. The number of carbonyl (C=O) groups excluding carboxylic acids is 2. The fraction of sp³-hybridized carbons (Fsp3) is 0.0417. The smallest absolute Gasteiger partial charge is 0.264 e. The Kier molecular flexibility index (Phi) is 7.69. The topological polar surface area (TPSA) is 79.8 Å². The van der Waals surface area contributed by atoms with Gasteiger partial charge in [-0.2, -0.15) is 0 Å². The molecule has 3 aromatic rings. The van der Waals surface area contributed by atoms with Gasteiger partial charge >= 0.3 is 0 Å². The van der Waals surface area contributed by atoms with Gasteiger partial charge in [-0.1, -0.05) is 35.9 Å². The number of rotatable bonds is 6. The number of amides is 2. The first kappa shape index (κ1) is 23.3. The van der Waals surface area contributed by atoms with Crippen LogP contribution in [0.2, 0.25) is 5.02 Å². The lowest BCUT2D eigenvalue weighted by molar-refractivity contribution is -0.118. The molecule has 33 heavy (non-hydrogen) atoms. The van der Waals surface area contributed by atoms with E-state index in [-0.39, 0.29) is 18.4 Å². The zero-order chi connectivity index (χ0) is 23.2. The maximum atomic E-state index is 12.3. The molecule has 4 rings (SSSR count). The van der Waals surface area contributed by atoms with E-state index in [0.29, 0.717) is 26.5 Å². The van der Waals surface area contributed by atoms with Crippen LogP contribution >= 0.6 is 46.0 Å².